The van der Waals surface area contributed by atoms with Crippen LogP contribution in [0.15, 0.2) is 28.7 Å². The Kier molecular flexibility index (Phi) is 4.18. The molecule has 1 aliphatic heterocycles. The molecule has 2 nitrogen and oxygen atoms in total. The number of hydrogen-bond acceptors (Lipinski definition) is 2. The van der Waals surface area contributed by atoms with Crippen LogP contribution in [0.1, 0.15) is 12.0 Å². The lowest BCUT2D eigenvalue weighted by molar-refractivity contribution is 0.0694. The molecule has 1 heterocycles. The van der Waals surface area contributed by atoms with Crippen LogP contribution >= 0.6 is 15.9 Å². The Hall–Kier alpha value is -0.380. The van der Waals surface area contributed by atoms with Crippen LogP contribution in [-0.2, 0) is 11.2 Å². The van der Waals surface area contributed by atoms with Crippen molar-refractivity contribution in [3.05, 3.63) is 34.3 Å². The van der Waals surface area contributed by atoms with Crippen molar-refractivity contribution in [2.75, 3.05) is 19.7 Å². The Morgan fingerprint density at radius 1 is 1.33 bits per heavy atom. The van der Waals surface area contributed by atoms with Gasteiger partial charge in [-0.25, -0.2) is 0 Å². The fraction of sp³-hybridized carbons (Fsp3) is 0.500. The van der Waals surface area contributed by atoms with Crippen LogP contribution in [0.5, 0.6) is 0 Å². The molecule has 0 spiro atoms. The van der Waals surface area contributed by atoms with Crippen LogP contribution in [0, 0.1) is 0 Å². The second-order valence-corrected chi connectivity index (χ2v) is 4.78. The van der Waals surface area contributed by atoms with Gasteiger partial charge in [-0.15, -0.1) is 0 Å². The lowest BCUT2D eigenvalue weighted by atomic mass is 10.2. The summed E-state index contributed by atoms with van der Waals surface area (Å²) < 4.78 is 6.89. The summed E-state index contributed by atoms with van der Waals surface area (Å²) in [6, 6.07) is 8.43. The van der Waals surface area contributed by atoms with E-state index in [9.17, 15) is 0 Å². The monoisotopic (exact) mass is 269 g/mol. The fourth-order valence-corrected chi connectivity index (χ4v) is 2.03. The maximum Gasteiger partial charge on any atom is 0.0711 e. The molecule has 1 unspecified atom stereocenters. The summed E-state index contributed by atoms with van der Waals surface area (Å²) in [7, 11) is 0. The van der Waals surface area contributed by atoms with E-state index in [0.717, 1.165) is 37.0 Å². The van der Waals surface area contributed by atoms with Gasteiger partial charge in [0.25, 0.3) is 0 Å². The van der Waals surface area contributed by atoms with Crippen LogP contribution in [0.4, 0.5) is 0 Å². The quantitative estimate of drug-likeness (QED) is 0.907. The van der Waals surface area contributed by atoms with Gasteiger partial charge in [0.2, 0.25) is 0 Å². The standard InChI is InChI=1S/C12H16BrNO/c13-11-3-1-10(2-4-11)6-8-15-12-5-7-14-9-12/h1-4,12,14H,5-9H2. The van der Waals surface area contributed by atoms with E-state index in [1.54, 1.807) is 0 Å². The molecule has 1 aromatic carbocycles. The first-order chi connectivity index (χ1) is 7.34. The summed E-state index contributed by atoms with van der Waals surface area (Å²) in [6.07, 6.45) is 2.59. The van der Waals surface area contributed by atoms with Crippen molar-refractivity contribution >= 4 is 15.9 Å². The normalized spacial score (nSPS) is 20.7. The van der Waals surface area contributed by atoms with E-state index in [2.05, 4.69) is 45.5 Å². The minimum Gasteiger partial charge on any atom is -0.377 e. The van der Waals surface area contributed by atoms with Crippen LogP contribution in [0.25, 0.3) is 0 Å². The second kappa shape index (κ2) is 5.64. The molecule has 0 saturated carbocycles. The number of benzene rings is 1. The molecule has 1 atom stereocenters. The van der Waals surface area contributed by atoms with Crippen molar-refractivity contribution in [2.45, 2.75) is 18.9 Å². The van der Waals surface area contributed by atoms with Gasteiger partial charge < -0.3 is 10.1 Å². The molecule has 1 saturated heterocycles. The van der Waals surface area contributed by atoms with Gasteiger partial charge in [0.05, 0.1) is 12.7 Å². The summed E-state index contributed by atoms with van der Waals surface area (Å²) >= 11 is 3.43. The average Bonchev–Trinajstić information content (AvgIpc) is 2.74. The van der Waals surface area contributed by atoms with E-state index in [4.69, 9.17) is 4.74 Å². The Morgan fingerprint density at radius 2 is 2.13 bits per heavy atom. The van der Waals surface area contributed by atoms with E-state index in [0.29, 0.717) is 6.10 Å². The topological polar surface area (TPSA) is 21.3 Å². The average molecular weight is 270 g/mol. The van der Waals surface area contributed by atoms with Crippen LogP contribution in [0.3, 0.4) is 0 Å². The molecule has 1 N–H and O–H groups in total. The highest BCUT2D eigenvalue weighted by atomic mass is 79.9. The molecular formula is C12H16BrNO. The van der Waals surface area contributed by atoms with E-state index >= 15 is 0 Å². The third kappa shape index (κ3) is 3.59. The van der Waals surface area contributed by atoms with Gasteiger partial charge in [-0.2, -0.15) is 0 Å². The zero-order chi connectivity index (χ0) is 10.5. The smallest absolute Gasteiger partial charge is 0.0711 e. The SMILES string of the molecule is Brc1ccc(CCOC2CCNC2)cc1. The molecule has 0 bridgehead atoms. The van der Waals surface area contributed by atoms with Gasteiger partial charge >= 0.3 is 0 Å². The fourth-order valence-electron chi connectivity index (χ4n) is 1.76. The first kappa shape index (κ1) is 11.1. The molecule has 1 aromatic rings. The number of nitrogens with one attached hydrogen (secondary N) is 1. The highest BCUT2D eigenvalue weighted by Gasteiger charge is 2.13. The van der Waals surface area contributed by atoms with Crippen molar-refractivity contribution in [1.29, 1.82) is 0 Å². The van der Waals surface area contributed by atoms with E-state index in [1.165, 1.54) is 5.56 Å². The summed E-state index contributed by atoms with van der Waals surface area (Å²) in [5, 5.41) is 3.30. The van der Waals surface area contributed by atoms with E-state index in [1.807, 2.05) is 0 Å². The Labute approximate surface area is 99.1 Å². The predicted octanol–water partition coefficient (Wildman–Crippen LogP) is 2.37. The minimum atomic E-state index is 0.431. The van der Waals surface area contributed by atoms with Crippen molar-refractivity contribution in [3.63, 3.8) is 0 Å². The van der Waals surface area contributed by atoms with Crippen molar-refractivity contribution in [1.82, 2.24) is 5.32 Å². The highest BCUT2D eigenvalue weighted by molar-refractivity contribution is 9.10. The molecule has 82 valence electrons. The van der Waals surface area contributed by atoms with Crippen LogP contribution < -0.4 is 5.32 Å². The number of hydrogen-bond donors (Lipinski definition) is 1. The zero-order valence-corrected chi connectivity index (χ0v) is 10.3. The number of halogens is 1. The van der Waals surface area contributed by atoms with Crippen molar-refractivity contribution < 1.29 is 4.74 Å². The molecule has 0 amide bonds. The summed E-state index contributed by atoms with van der Waals surface area (Å²) in [6.45, 7) is 2.94. The first-order valence-electron chi connectivity index (χ1n) is 5.41. The molecule has 0 aromatic heterocycles. The summed E-state index contributed by atoms with van der Waals surface area (Å²) in [5.74, 6) is 0. The van der Waals surface area contributed by atoms with Crippen molar-refractivity contribution in [3.8, 4) is 0 Å². The van der Waals surface area contributed by atoms with Gasteiger partial charge in [-0.3, -0.25) is 0 Å². The highest BCUT2D eigenvalue weighted by Crippen LogP contribution is 2.11. The first-order valence-corrected chi connectivity index (χ1v) is 6.20. The molecule has 1 fully saturated rings. The largest absolute Gasteiger partial charge is 0.377 e. The molecule has 15 heavy (non-hydrogen) atoms. The van der Waals surface area contributed by atoms with Gasteiger partial charge in [0, 0.05) is 11.0 Å². The van der Waals surface area contributed by atoms with E-state index < -0.39 is 0 Å². The molecule has 1 aliphatic rings. The van der Waals surface area contributed by atoms with Crippen LogP contribution in [0.2, 0.25) is 0 Å². The Bertz CT molecular complexity index is 293. The molecule has 2 rings (SSSR count). The zero-order valence-electron chi connectivity index (χ0n) is 8.71. The molecule has 0 aliphatic carbocycles. The number of rotatable bonds is 4. The van der Waals surface area contributed by atoms with E-state index in [-0.39, 0.29) is 0 Å². The molecule has 0 radical (unpaired) electrons. The van der Waals surface area contributed by atoms with Gasteiger partial charge in [0.15, 0.2) is 0 Å². The van der Waals surface area contributed by atoms with Gasteiger partial charge in [-0.1, -0.05) is 28.1 Å². The lowest BCUT2D eigenvalue weighted by Crippen LogP contribution is -2.17. The van der Waals surface area contributed by atoms with Crippen LogP contribution in [-0.4, -0.2) is 25.8 Å². The second-order valence-electron chi connectivity index (χ2n) is 3.86. The molecular weight excluding hydrogens is 254 g/mol. The lowest BCUT2D eigenvalue weighted by Gasteiger charge is -2.10. The summed E-state index contributed by atoms with van der Waals surface area (Å²) in [5.41, 5.74) is 1.34. The number of ether oxygens (including phenoxy) is 1. The summed E-state index contributed by atoms with van der Waals surface area (Å²) in [4.78, 5) is 0. The maximum absolute atomic E-state index is 5.76. The van der Waals surface area contributed by atoms with Crippen molar-refractivity contribution in [2.24, 2.45) is 0 Å². The van der Waals surface area contributed by atoms with Gasteiger partial charge in [-0.05, 0) is 37.1 Å². The third-order valence-electron chi connectivity index (χ3n) is 2.67. The minimum absolute atomic E-state index is 0.431. The Balaban J connectivity index is 1.71. The predicted molar refractivity (Wildman–Crippen MR) is 65.1 cm³/mol. The molecule has 3 heteroatoms. The third-order valence-corrected chi connectivity index (χ3v) is 3.20. The Morgan fingerprint density at radius 3 is 2.80 bits per heavy atom. The van der Waals surface area contributed by atoms with Gasteiger partial charge in [0.1, 0.15) is 0 Å². The maximum atomic E-state index is 5.76.